The number of nitrogens with two attached hydrogens (primary N) is 1. The number of carbonyl (C=O) groups is 1. The van der Waals surface area contributed by atoms with E-state index in [1.54, 1.807) is 13.8 Å². The van der Waals surface area contributed by atoms with Crippen LogP contribution in [-0.4, -0.2) is 25.4 Å². The van der Waals surface area contributed by atoms with Crippen LogP contribution in [0.1, 0.15) is 13.8 Å². The molecule has 0 spiro atoms. The molecule has 1 amide bonds. The number of amides is 1. The molecule has 0 bridgehead atoms. The Morgan fingerprint density at radius 3 is 2.08 bits per heavy atom. The molecule has 0 heterocycles. The fourth-order valence-corrected chi connectivity index (χ4v) is 0.668. The lowest BCUT2D eigenvalue weighted by atomic mass is 10.3. The van der Waals surface area contributed by atoms with Crippen LogP contribution in [0.4, 0.5) is 0 Å². The Morgan fingerprint density at radius 2 is 1.83 bits per heavy atom. The summed E-state index contributed by atoms with van der Waals surface area (Å²) in [5, 5.41) is 0. The van der Waals surface area contributed by atoms with Crippen LogP contribution >= 0.6 is 0 Å². The van der Waals surface area contributed by atoms with E-state index in [1.807, 2.05) is 0 Å². The van der Waals surface area contributed by atoms with E-state index in [1.165, 1.54) is 0 Å². The molecule has 0 aromatic heterocycles. The molecule has 0 radical (unpaired) electrons. The fourth-order valence-electron chi connectivity index (χ4n) is 0.668. The third kappa shape index (κ3) is 3.50. The SMILES string of the molecule is C=C(C(N)=O)C(OCC)OCC. The lowest BCUT2D eigenvalue weighted by Gasteiger charge is -2.16. The highest BCUT2D eigenvalue weighted by molar-refractivity contribution is 5.91. The molecular formula is C8H15NO3. The molecule has 0 aliphatic carbocycles. The summed E-state index contributed by atoms with van der Waals surface area (Å²) in [6.07, 6.45) is -0.697. The number of ether oxygens (including phenoxy) is 2. The molecule has 0 saturated carbocycles. The van der Waals surface area contributed by atoms with Gasteiger partial charge in [-0.2, -0.15) is 0 Å². The second-order valence-corrected chi connectivity index (χ2v) is 2.13. The van der Waals surface area contributed by atoms with E-state index in [-0.39, 0.29) is 5.57 Å². The summed E-state index contributed by atoms with van der Waals surface area (Å²) in [6, 6.07) is 0. The highest BCUT2D eigenvalue weighted by Crippen LogP contribution is 2.05. The van der Waals surface area contributed by atoms with Gasteiger partial charge in [0.1, 0.15) is 0 Å². The van der Waals surface area contributed by atoms with Crippen LogP contribution in [0.2, 0.25) is 0 Å². The standard InChI is InChI=1S/C8H15NO3/c1-4-11-8(12-5-2)6(3)7(9)10/h8H,3-5H2,1-2H3,(H2,9,10). The van der Waals surface area contributed by atoms with Crippen LogP contribution in [0.3, 0.4) is 0 Å². The van der Waals surface area contributed by atoms with Crippen molar-refractivity contribution < 1.29 is 14.3 Å². The van der Waals surface area contributed by atoms with Gasteiger partial charge in [-0.05, 0) is 13.8 Å². The maximum Gasteiger partial charge on any atom is 0.249 e. The molecule has 4 nitrogen and oxygen atoms in total. The lowest BCUT2D eigenvalue weighted by Crippen LogP contribution is -2.28. The van der Waals surface area contributed by atoms with Crippen molar-refractivity contribution in [2.75, 3.05) is 13.2 Å². The van der Waals surface area contributed by atoms with Gasteiger partial charge in [0.05, 0.1) is 5.57 Å². The Labute approximate surface area is 72.3 Å². The highest BCUT2D eigenvalue weighted by Gasteiger charge is 2.16. The zero-order chi connectivity index (χ0) is 9.56. The van der Waals surface area contributed by atoms with E-state index in [2.05, 4.69) is 6.58 Å². The highest BCUT2D eigenvalue weighted by atomic mass is 16.7. The first-order chi connectivity index (χ1) is 5.63. The minimum Gasteiger partial charge on any atom is -0.366 e. The number of carbonyl (C=O) groups excluding carboxylic acids is 1. The normalized spacial score (nSPS) is 10.2. The molecular weight excluding hydrogens is 158 g/mol. The van der Waals surface area contributed by atoms with Crippen LogP contribution in [0.15, 0.2) is 12.2 Å². The number of primary amides is 1. The molecule has 70 valence electrons. The summed E-state index contributed by atoms with van der Waals surface area (Å²) in [6.45, 7) is 7.99. The summed E-state index contributed by atoms with van der Waals surface area (Å²) >= 11 is 0. The van der Waals surface area contributed by atoms with Gasteiger partial charge < -0.3 is 15.2 Å². The molecule has 0 unspecified atom stereocenters. The summed E-state index contributed by atoms with van der Waals surface area (Å²) < 4.78 is 10.2. The van der Waals surface area contributed by atoms with Crippen LogP contribution < -0.4 is 5.73 Å². The summed E-state index contributed by atoms with van der Waals surface area (Å²) in [5.74, 6) is -0.595. The van der Waals surface area contributed by atoms with Crippen molar-refractivity contribution >= 4 is 5.91 Å². The van der Waals surface area contributed by atoms with Crippen molar-refractivity contribution in [1.29, 1.82) is 0 Å². The Balaban J connectivity index is 4.08. The predicted octanol–water partition coefficient (Wildman–Crippen LogP) is 0.427. The van der Waals surface area contributed by atoms with Gasteiger partial charge in [0, 0.05) is 13.2 Å². The monoisotopic (exact) mass is 173 g/mol. The zero-order valence-corrected chi connectivity index (χ0v) is 7.50. The van der Waals surface area contributed by atoms with Crippen LogP contribution in [0.25, 0.3) is 0 Å². The smallest absolute Gasteiger partial charge is 0.249 e. The van der Waals surface area contributed by atoms with Gasteiger partial charge >= 0.3 is 0 Å². The third-order valence-electron chi connectivity index (χ3n) is 1.24. The number of hydrogen-bond acceptors (Lipinski definition) is 3. The van der Waals surface area contributed by atoms with E-state index in [0.717, 1.165) is 0 Å². The molecule has 0 aromatic rings. The molecule has 0 fully saturated rings. The molecule has 0 aliphatic heterocycles. The zero-order valence-electron chi connectivity index (χ0n) is 7.50. The number of hydrogen-bond donors (Lipinski definition) is 1. The van der Waals surface area contributed by atoms with E-state index in [0.29, 0.717) is 13.2 Å². The molecule has 0 saturated heterocycles. The predicted molar refractivity (Wildman–Crippen MR) is 45.4 cm³/mol. The van der Waals surface area contributed by atoms with Gasteiger partial charge in [-0.15, -0.1) is 0 Å². The summed E-state index contributed by atoms with van der Waals surface area (Å²) in [5.41, 5.74) is 5.15. The maximum absolute atomic E-state index is 10.7. The summed E-state index contributed by atoms with van der Waals surface area (Å²) in [7, 11) is 0. The Kier molecular flexibility index (Phi) is 5.32. The lowest BCUT2D eigenvalue weighted by molar-refractivity contribution is -0.130. The van der Waals surface area contributed by atoms with Crippen molar-refractivity contribution in [3.8, 4) is 0 Å². The average molecular weight is 173 g/mol. The minimum absolute atomic E-state index is 0.152. The first kappa shape index (κ1) is 11.1. The first-order valence-electron chi connectivity index (χ1n) is 3.85. The maximum atomic E-state index is 10.7. The Hall–Kier alpha value is -0.870. The molecule has 4 heteroatoms. The molecule has 0 atom stereocenters. The van der Waals surface area contributed by atoms with Crippen LogP contribution in [0.5, 0.6) is 0 Å². The van der Waals surface area contributed by atoms with Gasteiger partial charge in [0.15, 0.2) is 6.29 Å². The summed E-state index contributed by atoms with van der Waals surface area (Å²) in [4.78, 5) is 10.7. The molecule has 0 rings (SSSR count). The second-order valence-electron chi connectivity index (χ2n) is 2.13. The van der Waals surface area contributed by atoms with Crippen molar-refractivity contribution in [1.82, 2.24) is 0 Å². The molecule has 0 aliphatic rings. The van der Waals surface area contributed by atoms with Crippen molar-refractivity contribution in [2.24, 2.45) is 5.73 Å². The Bertz CT molecular complexity index is 162. The fraction of sp³-hybridized carbons (Fsp3) is 0.625. The van der Waals surface area contributed by atoms with E-state index in [9.17, 15) is 4.79 Å². The van der Waals surface area contributed by atoms with Crippen LogP contribution in [0, 0.1) is 0 Å². The van der Waals surface area contributed by atoms with Crippen molar-refractivity contribution in [2.45, 2.75) is 20.1 Å². The Morgan fingerprint density at radius 1 is 1.42 bits per heavy atom. The van der Waals surface area contributed by atoms with E-state index >= 15 is 0 Å². The van der Waals surface area contributed by atoms with E-state index < -0.39 is 12.2 Å². The molecule has 2 N–H and O–H groups in total. The topological polar surface area (TPSA) is 61.6 Å². The average Bonchev–Trinajstić information content (AvgIpc) is 2.03. The van der Waals surface area contributed by atoms with Gasteiger partial charge in [0.2, 0.25) is 5.91 Å². The largest absolute Gasteiger partial charge is 0.366 e. The van der Waals surface area contributed by atoms with Gasteiger partial charge in [-0.3, -0.25) is 4.79 Å². The molecule has 12 heavy (non-hydrogen) atoms. The third-order valence-corrected chi connectivity index (χ3v) is 1.24. The second kappa shape index (κ2) is 5.74. The van der Waals surface area contributed by atoms with Gasteiger partial charge in [-0.1, -0.05) is 6.58 Å². The van der Waals surface area contributed by atoms with Crippen molar-refractivity contribution in [3.63, 3.8) is 0 Å². The quantitative estimate of drug-likeness (QED) is 0.468. The number of rotatable bonds is 6. The molecule has 0 aromatic carbocycles. The van der Waals surface area contributed by atoms with Gasteiger partial charge in [0.25, 0.3) is 0 Å². The van der Waals surface area contributed by atoms with E-state index in [4.69, 9.17) is 15.2 Å². The van der Waals surface area contributed by atoms with Crippen LogP contribution in [-0.2, 0) is 14.3 Å². The first-order valence-corrected chi connectivity index (χ1v) is 3.85. The minimum atomic E-state index is -0.697. The van der Waals surface area contributed by atoms with Gasteiger partial charge in [-0.25, -0.2) is 0 Å². The van der Waals surface area contributed by atoms with Crippen molar-refractivity contribution in [3.05, 3.63) is 12.2 Å².